The van der Waals surface area contributed by atoms with Crippen LogP contribution in [0.3, 0.4) is 0 Å². The van der Waals surface area contributed by atoms with E-state index < -0.39 is 33.0 Å². The number of nitrogens with one attached hydrogen (secondary N) is 1. The van der Waals surface area contributed by atoms with Crippen LogP contribution < -0.4 is 9.62 Å². The van der Waals surface area contributed by atoms with E-state index in [0.29, 0.717) is 24.0 Å². The number of rotatable bonds is 5. The largest absolute Gasteiger partial charge is 0.416 e. The number of fused-ring (bicyclic) bond motifs is 1. The Morgan fingerprint density at radius 1 is 1.08 bits per heavy atom. The molecule has 1 atom stereocenters. The number of sulfonamides is 1. The Labute approximate surface area is 210 Å². The van der Waals surface area contributed by atoms with Gasteiger partial charge in [0, 0.05) is 17.4 Å². The number of hydrogen-bond acceptors (Lipinski definition) is 7. The number of halogens is 3. The number of allylic oxidation sites excluding steroid dienone is 2. The molecule has 0 bridgehead atoms. The molecule has 0 radical (unpaired) electrons. The molecule has 5 rings (SSSR count). The topological polar surface area (TPSA) is 128 Å². The summed E-state index contributed by atoms with van der Waals surface area (Å²) in [5, 5.41) is 22.9. The number of anilines is 2. The van der Waals surface area contributed by atoms with Gasteiger partial charge in [-0.05, 0) is 55.7 Å². The number of benzene rings is 2. The first-order valence-electron chi connectivity index (χ1n) is 11.1. The third-order valence-electron chi connectivity index (χ3n) is 6.08. The van der Waals surface area contributed by atoms with Gasteiger partial charge in [0.25, 0.3) is 15.2 Å². The van der Waals surface area contributed by atoms with Gasteiger partial charge in [0.05, 0.1) is 28.8 Å². The highest BCUT2D eigenvalue weighted by Gasteiger charge is 2.40. The summed E-state index contributed by atoms with van der Waals surface area (Å²) in [5.41, 5.74) is 0.392. The summed E-state index contributed by atoms with van der Waals surface area (Å²) in [5.74, 6) is -0.0682. The van der Waals surface area contributed by atoms with Crippen molar-refractivity contribution in [2.45, 2.75) is 43.2 Å². The molecule has 2 aromatic carbocycles. The van der Waals surface area contributed by atoms with Crippen LogP contribution in [0.4, 0.5) is 24.8 Å². The van der Waals surface area contributed by atoms with Crippen LogP contribution in [0.1, 0.15) is 42.5 Å². The van der Waals surface area contributed by atoms with Crippen LogP contribution in [-0.4, -0.2) is 29.2 Å². The van der Waals surface area contributed by atoms with Crippen molar-refractivity contribution in [3.63, 3.8) is 0 Å². The van der Waals surface area contributed by atoms with Crippen molar-refractivity contribution < 1.29 is 21.6 Å². The minimum atomic E-state index is -4.62. The molecule has 9 nitrogen and oxygen atoms in total. The van der Waals surface area contributed by atoms with Crippen molar-refractivity contribution in [2.24, 2.45) is 0 Å². The Bertz CT molecular complexity index is 1610. The number of aromatic nitrogens is 3. The van der Waals surface area contributed by atoms with Gasteiger partial charge in [-0.2, -0.15) is 28.7 Å². The first kappa shape index (κ1) is 24.5. The molecule has 0 spiro atoms. The van der Waals surface area contributed by atoms with E-state index in [0.717, 1.165) is 12.1 Å². The highest BCUT2D eigenvalue weighted by molar-refractivity contribution is 7.89. The van der Waals surface area contributed by atoms with Gasteiger partial charge in [-0.1, -0.05) is 18.2 Å². The predicted octanol–water partition coefficient (Wildman–Crippen LogP) is 4.15. The lowest BCUT2D eigenvalue weighted by atomic mass is 9.95. The van der Waals surface area contributed by atoms with Gasteiger partial charge in [0.15, 0.2) is 0 Å². The minimum absolute atomic E-state index is 0.0334. The monoisotopic (exact) mass is 525 g/mol. The van der Waals surface area contributed by atoms with E-state index in [4.69, 9.17) is 5.26 Å². The normalized spacial score (nSPS) is 17.8. The fraction of sp³-hybridized carbons (Fsp3) is 0.250. The van der Waals surface area contributed by atoms with Crippen LogP contribution in [0.5, 0.6) is 0 Å². The van der Waals surface area contributed by atoms with Crippen LogP contribution in [0.15, 0.2) is 65.0 Å². The SMILES string of the molecule is CC1=C(C#N)C(c2ccc(C#N)cc2)n2nc(S(=O)(=O)NC3CC3)nc2N1c1cccc(C(F)(F)F)c1. The first-order chi connectivity index (χ1) is 17.5. The average Bonchev–Trinajstić information content (AvgIpc) is 3.55. The summed E-state index contributed by atoms with van der Waals surface area (Å²) < 4.78 is 70.1. The second kappa shape index (κ2) is 8.73. The summed E-state index contributed by atoms with van der Waals surface area (Å²) in [6.45, 7) is 1.55. The van der Waals surface area contributed by atoms with Gasteiger partial charge in [0.2, 0.25) is 5.95 Å². The predicted molar refractivity (Wildman–Crippen MR) is 125 cm³/mol. The van der Waals surface area contributed by atoms with Crippen LogP contribution in [0.25, 0.3) is 0 Å². The fourth-order valence-corrected chi connectivity index (χ4v) is 5.30. The molecule has 1 aliphatic heterocycles. The van der Waals surface area contributed by atoms with Gasteiger partial charge < -0.3 is 0 Å². The molecule has 2 aliphatic rings. The second-order valence-electron chi connectivity index (χ2n) is 8.67. The Hall–Kier alpha value is -4.20. The number of nitrogens with zero attached hydrogens (tertiary/aromatic N) is 6. The fourth-order valence-electron chi connectivity index (χ4n) is 4.12. The van der Waals surface area contributed by atoms with E-state index in [2.05, 4.69) is 20.9 Å². The first-order valence-corrected chi connectivity index (χ1v) is 12.6. The summed E-state index contributed by atoms with van der Waals surface area (Å²) in [7, 11) is -4.13. The highest BCUT2D eigenvalue weighted by Crippen LogP contribution is 2.43. The number of hydrogen-bond donors (Lipinski definition) is 1. The maximum absolute atomic E-state index is 13.5. The molecule has 0 amide bonds. The quantitative estimate of drug-likeness (QED) is 0.530. The van der Waals surface area contributed by atoms with Gasteiger partial charge in [-0.25, -0.2) is 17.8 Å². The van der Waals surface area contributed by atoms with Crippen LogP contribution in [0, 0.1) is 22.7 Å². The van der Waals surface area contributed by atoms with Gasteiger partial charge in [0.1, 0.15) is 6.04 Å². The molecule has 1 aliphatic carbocycles. The van der Waals surface area contributed by atoms with E-state index in [1.807, 2.05) is 6.07 Å². The van der Waals surface area contributed by atoms with Crippen LogP contribution >= 0.6 is 0 Å². The maximum Gasteiger partial charge on any atom is 0.416 e. The zero-order valence-corrected chi connectivity index (χ0v) is 20.0. The zero-order chi connectivity index (χ0) is 26.5. The third kappa shape index (κ3) is 4.43. The lowest BCUT2D eigenvalue weighted by molar-refractivity contribution is -0.137. The Morgan fingerprint density at radius 2 is 1.78 bits per heavy atom. The van der Waals surface area contributed by atoms with Crippen molar-refractivity contribution in [1.29, 1.82) is 10.5 Å². The summed E-state index contributed by atoms with van der Waals surface area (Å²) in [6.07, 6.45) is -3.27. The zero-order valence-electron chi connectivity index (χ0n) is 19.2. The van der Waals surface area contributed by atoms with Gasteiger partial charge in [-0.3, -0.25) is 4.90 Å². The second-order valence-corrected chi connectivity index (χ2v) is 10.3. The average molecular weight is 526 g/mol. The van der Waals surface area contributed by atoms with Crippen molar-refractivity contribution in [3.05, 3.63) is 76.5 Å². The summed E-state index contributed by atoms with van der Waals surface area (Å²) >= 11 is 0. The third-order valence-corrected chi connectivity index (χ3v) is 7.38. The van der Waals surface area contributed by atoms with Crippen molar-refractivity contribution in [1.82, 2.24) is 19.5 Å². The lowest BCUT2D eigenvalue weighted by Crippen LogP contribution is -2.31. The number of alkyl halides is 3. The molecular formula is C24H18F3N7O2S. The van der Waals surface area contributed by atoms with Crippen LogP contribution in [-0.2, 0) is 16.2 Å². The summed E-state index contributed by atoms with van der Waals surface area (Å²) in [4.78, 5) is 5.52. The van der Waals surface area contributed by atoms with E-state index >= 15 is 0 Å². The molecule has 188 valence electrons. The van der Waals surface area contributed by atoms with E-state index in [-0.39, 0.29) is 28.9 Å². The molecule has 2 heterocycles. The van der Waals surface area contributed by atoms with E-state index in [9.17, 15) is 26.9 Å². The van der Waals surface area contributed by atoms with Crippen molar-refractivity contribution in [3.8, 4) is 12.1 Å². The van der Waals surface area contributed by atoms with E-state index in [1.54, 1.807) is 31.2 Å². The maximum atomic E-state index is 13.5. The molecule has 1 saturated carbocycles. The molecule has 1 fully saturated rings. The summed E-state index contributed by atoms with van der Waals surface area (Å²) in [6, 6.07) is 13.7. The Kier molecular flexibility index (Phi) is 5.78. The molecule has 1 unspecified atom stereocenters. The molecular weight excluding hydrogens is 507 g/mol. The molecule has 1 N–H and O–H groups in total. The highest BCUT2D eigenvalue weighted by atomic mass is 32.2. The van der Waals surface area contributed by atoms with Crippen molar-refractivity contribution in [2.75, 3.05) is 4.90 Å². The smallest absolute Gasteiger partial charge is 0.282 e. The lowest BCUT2D eigenvalue weighted by Gasteiger charge is -2.34. The van der Waals surface area contributed by atoms with Gasteiger partial charge in [-0.15, -0.1) is 5.10 Å². The van der Waals surface area contributed by atoms with Gasteiger partial charge >= 0.3 is 6.18 Å². The van der Waals surface area contributed by atoms with Crippen LogP contribution in [0.2, 0.25) is 0 Å². The molecule has 1 aromatic heterocycles. The Morgan fingerprint density at radius 3 is 2.38 bits per heavy atom. The Balaban J connectivity index is 1.73. The molecule has 3 aromatic rings. The van der Waals surface area contributed by atoms with Crippen molar-refractivity contribution >= 4 is 21.7 Å². The minimum Gasteiger partial charge on any atom is -0.282 e. The molecule has 13 heteroatoms. The standard InChI is InChI=1S/C24H18F3N7O2S/c1-14-20(13-29)21(16-7-5-15(12-28)6-8-16)34-23(30-22(31-34)37(35,36)32-18-9-10-18)33(14)19-4-2-3-17(11-19)24(25,26)27/h2-8,11,18,21,32H,9-10H2,1H3. The molecule has 37 heavy (non-hydrogen) atoms. The number of nitriles is 2. The van der Waals surface area contributed by atoms with E-state index in [1.165, 1.54) is 21.7 Å². The molecule has 0 saturated heterocycles.